The van der Waals surface area contributed by atoms with E-state index in [1.807, 2.05) is 0 Å². The van der Waals surface area contributed by atoms with Crippen LogP contribution in [-0.4, -0.2) is 30.9 Å². The Morgan fingerprint density at radius 2 is 1.78 bits per heavy atom. The van der Waals surface area contributed by atoms with Crippen LogP contribution in [0, 0.1) is 11.2 Å². The summed E-state index contributed by atoms with van der Waals surface area (Å²) in [6.45, 7) is 4.99. The molecule has 1 atom stereocenters. The van der Waals surface area contributed by atoms with Crippen LogP contribution in [0.25, 0.3) is 0 Å². The third kappa shape index (κ3) is 3.80. The van der Waals surface area contributed by atoms with Gasteiger partial charge in [0.05, 0.1) is 18.1 Å². The molecule has 172 valence electrons. The minimum absolute atomic E-state index is 0.0222. The van der Waals surface area contributed by atoms with Crippen molar-refractivity contribution >= 4 is 11.9 Å². The normalized spacial score (nSPS) is 20.8. The van der Waals surface area contributed by atoms with Crippen LogP contribution in [0.3, 0.4) is 0 Å². The zero-order valence-electron chi connectivity index (χ0n) is 18.5. The monoisotopic (exact) mass is 451 g/mol. The van der Waals surface area contributed by atoms with Crippen LogP contribution in [0.4, 0.5) is 17.6 Å². The van der Waals surface area contributed by atoms with Gasteiger partial charge in [0, 0.05) is 19.0 Å². The summed E-state index contributed by atoms with van der Waals surface area (Å²) >= 11 is 0. The molecule has 3 rings (SSSR count). The van der Waals surface area contributed by atoms with E-state index in [1.165, 1.54) is 37.3 Å². The molecule has 5 nitrogen and oxygen atoms in total. The van der Waals surface area contributed by atoms with Crippen molar-refractivity contribution in [2.45, 2.75) is 38.9 Å². The van der Waals surface area contributed by atoms with Crippen molar-refractivity contribution in [3.8, 4) is 5.75 Å². The lowest BCUT2D eigenvalue weighted by Gasteiger charge is -2.46. The van der Waals surface area contributed by atoms with Gasteiger partial charge in [-0.15, -0.1) is 0 Å². The second-order valence-electron chi connectivity index (χ2n) is 8.55. The molecular formula is C23H25F4N3O2. The standard InChI is InChI=1S/C23H25F4N3O2/c1-21(2)19(31)30(4)20(28)29-22(21,3)16-11-13(6-9-17(16)24)10-14-7-8-15(23(25,26)27)12-18(14)32-5/h6-9,11-12H,10H2,1-5H3,(H2,28,29)/t22-/m1/s1. The number of guanidine groups is 1. The maximum atomic E-state index is 15.0. The van der Waals surface area contributed by atoms with E-state index in [-0.39, 0.29) is 29.6 Å². The molecule has 0 fully saturated rings. The Kier molecular flexibility index (Phi) is 5.74. The maximum Gasteiger partial charge on any atom is 0.416 e. The Labute approximate surface area is 183 Å². The lowest BCUT2D eigenvalue weighted by atomic mass is 9.67. The number of carbonyl (C=O) groups excluding carboxylic acids is 1. The molecule has 32 heavy (non-hydrogen) atoms. The molecule has 9 heteroatoms. The maximum absolute atomic E-state index is 15.0. The quantitative estimate of drug-likeness (QED) is 0.698. The molecule has 0 spiro atoms. The number of alkyl halides is 3. The third-order valence-corrected chi connectivity index (χ3v) is 6.30. The van der Waals surface area contributed by atoms with Gasteiger partial charge in [0.2, 0.25) is 5.91 Å². The highest BCUT2D eigenvalue weighted by Gasteiger charge is 2.53. The van der Waals surface area contributed by atoms with Crippen LogP contribution in [0.2, 0.25) is 0 Å². The third-order valence-electron chi connectivity index (χ3n) is 6.30. The molecule has 1 amide bonds. The van der Waals surface area contributed by atoms with Crippen LogP contribution in [0.1, 0.15) is 43.0 Å². The Morgan fingerprint density at radius 1 is 1.12 bits per heavy atom. The van der Waals surface area contributed by atoms with E-state index in [0.29, 0.717) is 11.1 Å². The molecule has 2 N–H and O–H groups in total. The number of hydrogen-bond donors (Lipinski definition) is 1. The predicted octanol–water partition coefficient (Wildman–Crippen LogP) is 4.47. The molecule has 0 bridgehead atoms. The number of ether oxygens (including phenoxy) is 1. The predicted molar refractivity (Wildman–Crippen MR) is 113 cm³/mol. The summed E-state index contributed by atoms with van der Waals surface area (Å²) in [6.07, 6.45) is -4.30. The number of hydrogen-bond acceptors (Lipinski definition) is 4. The van der Waals surface area contributed by atoms with Crippen molar-refractivity contribution in [3.05, 3.63) is 64.5 Å². The van der Waals surface area contributed by atoms with Gasteiger partial charge in [-0.1, -0.05) is 18.2 Å². The molecule has 1 heterocycles. The number of benzene rings is 2. The highest BCUT2D eigenvalue weighted by Crippen LogP contribution is 2.47. The van der Waals surface area contributed by atoms with E-state index in [2.05, 4.69) is 4.99 Å². The van der Waals surface area contributed by atoms with E-state index < -0.39 is 28.5 Å². The van der Waals surface area contributed by atoms with E-state index in [9.17, 15) is 22.4 Å². The molecule has 0 saturated carbocycles. The summed E-state index contributed by atoms with van der Waals surface area (Å²) in [7, 11) is 2.80. The van der Waals surface area contributed by atoms with Crippen LogP contribution >= 0.6 is 0 Å². The molecule has 1 aliphatic rings. The zero-order valence-corrected chi connectivity index (χ0v) is 18.5. The first-order chi connectivity index (χ1) is 14.7. The molecule has 0 aliphatic carbocycles. The van der Waals surface area contributed by atoms with Gasteiger partial charge in [0.1, 0.15) is 17.1 Å². The number of halogens is 4. The number of nitrogens with two attached hydrogens (primary N) is 1. The number of methoxy groups -OCH3 is 1. The number of amides is 1. The van der Waals surface area contributed by atoms with Gasteiger partial charge in [-0.25, -0.2) is 9.38 Å². The van der Waals surface area contributed by atoms with Gasteiger partial charge < -0.3 is 10.5 Å². The van der Waals surface area contributed by atoms with E-state index in [1.54, 1.807) is 26.8 Å². The van der Waals surface area contributed by atoms with Crippen molar-refractivity contribution in [1.29, 1.82) is 0 Å². The van der Waals surface area contributed by atoms with Crippen molar-refractivity contribution in [2.75, 3.05) is 14.2 Å². The van der Waals surface area contributed by atoms with E-state index in [0.717, 1.165) is 12.1 Å². The van der Waals surface area contributed by atoms with Crippen LogP contribution in [-0.2, 0) is 22.9 Å². The van der Waals surface area contributed by atoms with Crippen LogP contribution < -0.4 is 10.5 Å². The molecule has 0 unspecified atom stereocenters. The number of rotatable bonds is 4. The summed E-state index contributed by atoms with van der Waals surface area (Å²) < 4.78 is 59.2. The Morgan fingerprint density at radius 3 is 2.38 bits per heavy atom. The van der Waals surface area contributed by atoms with Crippen molar-refractivity contribution < 1.29 is 27.1 Å². The van der Waals surface area contributed by atoms with Gasteiger partial charge in [0.15, 0.2) is 5.96 Å². The Bertz CT molecular complexity index is 1100. The summed E-state index contributed by atoms with van der Waals surface area (Å²) in [5.74, 6) is -0.806. The minimum atomic E-state index is -4.49. The molecule has 2 aromatic rings. The van der Waals surface area contributed by atoms with Crippen molar-refractivity contribution in [3.63, 3.8) is 0 Å². The lowest BCUT2D eigenvalue weighted by molar-refractivity contribution is -0.140. The van der Waals surface area contributed by atoms with E-state index in [4.69, 9.17) is 10.5 Å². The Hall–Kier alpha value is -3.10. The summed E-state index contributed by atoms with van der Waals surface area (Å²) in [5.41, 5.74) is 4.02. The summed E-state index contributed by atoms with van der Waals surface area (Å²) in [5, 5.41) is 0. The summed E-state index contributed by atoms with van der Waals surface area (Å²) in [6, 6.07) is 7.63. The number of aliphatic imine (C=N–C) groups is 1. The largest absolute Gasteiger partial charge is 0.496 e. The number of nitrogens with zero attached hydrogens (tertiary/aromatic N) is 2. The summed E-state index contributed by atoms with van der Waals surface area (Å²) in [4.78, 5) is 18.6. The highest BCUT2D eigenvalue weighted by molar-refractivity contribution is 6.01. The van der Waals surface area contributed by atoms with Crippen LogP contribution in [0.5, 0.6) is 5.75 Å². The van der Waals surface area contributed by atoms with Crippen molar-refractivity contribution in [1.82, 2.24) is 4.90 Å². The fraction of sp³-hybridized carbons (Fsp3) is 0.391. The minimum Gasteiger partial charge on any atom is -0.496 e. The molecular weight excluding hydrogens is 426 g/mol. The van der Waals surface area contributed by atoms with Gasteiger partial charge in [0.25, 0.3) is 0 Å². The molecule has 0 saturated heterocycles. The molecule has 1 aliphatic heterocycles. The fourth-order valence-corrected chi connectivity index (χ4v) is 3.91. The fourth-order valence-electron chi connectivity index (χ4n) is 3.91. The second kappa shape index (κ2) is 7.79. The molecule has 0 radical (unpaired) electrons. The average molecular weight is 451 g/mol. The van der Waals surface area contributed by atoms with Crippen molar-refractivity contribution in [2.24, 2.45) is 16.1 Å². The SMILES string of the molecule is COc1cc(C(F)(F)F)ccc1Cc1ccc(F)c([C@@]2(C)N=C(N)N(C)C(=O)C2(C)C)c1. The van der Waals surface area contributed by atoms with Gasteiger partial charge in [-0.3, -0.25) is 9.69 Å². The Balaban J connectivity index is 2.07. The van der Waals surface area contributed by atoms with Crippen LogP contribution in [0.15, 0.2) is 41.4 Å². The molecule has 2 aromatic carbocycles. The lowest BCUT2D eigenvalue weighted by Crippen LogP contribution is -2.58. The zero-order chi connectivity index (χ0) is 24.1. The first-order valence-corrected chi connectivity index (χ1v) is 9.89. The first kappa shape index (κ1) is 23.6. The van der Waals surface area contributed by atoms with Gasteiger partial charge in [-0.05, 0) is 50.1 Å². The molecule has 0 aromatic heterocycles. The first-order valence-electron chi connectivity index (χ1n) is 9.89. The van der Waals surface area contributed by atoms with Gasteiger partial charge in [-0.2, -0.15) is 13.2 Å². The number of carbonyl (C=O) groups is 1. The topological polar surface area (TPSA) is 67.9 Å². The second-order valence-corrected chi connectivity index (χ2v) is 8.55. The average Bonchev–Trinajstić information content (AvgIpc) is 2.72. The van der Waals surface area contributed by atoms with Gasteiger partial charge >= 0.3 is 6.18 Å². The highest BCUT2D eigenvalue weighted by atomic mass is 19.4. The smallest absolute Gasteiger partial charge is 0.416 e. The van der Waals surface area contributed by atoms with E-state index >= 15 is 0 Å².